The third-order valence-electron chi connectivity index (χ3n) is 5.88. The molecule has 9 nitrogen and oxygen atoms in total. The van der Waals surface area contributed by atoms with Gasteiger partial charge in [-0.3, -0.25) is 9.69 Å². The van der Waals surface area contributed by atoms with Gasteiger partial charge in [-0.05, 0) is 6.42 Å². The predicted octanol–water partition coefficient (Wildman–Crippen LogP) is 0.447. The zero-order chi connectivity index (χ0) is 20.2. The summed E-state index contributed by atoms with van der Waals surface area (Å²) in [4.78, 5) is 31.5. The molecule has 0 N–H and O–H groups in total. The highest BCUT2D eigenvalue weighted by Gasteiger charge is 2.35. The second-order valence-corrected chi connectivity index (χ2v) is 7.82. The summed E-state index contributed by atoms with van der Waals surface area (Å²) in [7, 11) is 1.74. The van der Waals surface area contributed by atoms with Crippen LogP contribution in [0.2, 0.25) is 0 Å². The second-order valence-electron chi connectivity index (χ2n) is 7.82. The van der Waals surface area contributed by atoms with E-state index in [1.54, 1.807) is 7.11 Å². The minimum absolute atomic E-state index is 0.0405. The zero-order valence-electron chi connectivity index (χ0n) is 17.6. The van der Waals surface area contributed by atoms with Crippen LogP contribution in [0.25, 0.3) is 0 Å². The summed E-state index contributed by atoms with van der Waals surface area (Å²) >= 11 is 0. The van der Waals surface area contributed by atoms with Crippen molar-refractivity contribution in [3.8, 4) is 0 Å². The van der Waals surface area contributed by atoms with Crippen LogP contribution in [-0.4, -0.2) is 105 Å². The van der Waals surface area contributed by atoms with E-state index in [2.05, 4.69) is 21.6 Å². The van der Waals surface area contributed by atoms with Crippen LogP contribution >= 0.6 is 0 Å². The van der Waals surface area contributed by atoms with Gasteiger partial charge in [-0.15, -0.1) is 0 Å². The molecule has 3 aliphatic heterocycles. The Morgan fingerprint density at radius 3 is 2.45 bits per heavy atom. The van der Waals surface area contributed by atoms with Crippen LogP contribution in [0.4, 0.5) is 11.8 Å². The number of rotatable bonds is 7. The van der Waals surface area contributed by atoms with Crippen molar-refractivity contribution in [1.82, 2.24) is 19.8 Å². The third kappa shape index (κ3) is 4.31. The first kappa shape index (κ1) is 20.3. The van der Waals surface area contributed by atoms with Gasteiger partial charge in [0, 0.05) is 65.0 Å². The number of nitrogens with zero attached hydrogens (tertiary/aromatic N) is 6. The first-order valence-electron chi connectivity index (χ1n) is 10.7. The predicted molar refractivity (Wildman–Crippen MR) is 111 cm³/mol. The van der Waals surface area contributed by atoms with Crippen LogP contribution < -0.4 is 9.80 Å². The van der Waals surface area contributed by atoms with Gasteiger partial charge in [-0.25, -0.2) is 4.98 Å². The number of amides is 1. The van der Waals surface area contributed by atoms with E-state index in [1.807, 2.05) is 4.90 Å². The molecule has 0 radical (unpaired) electrons. The van der Waals surface area contributed by atoms with Crippen LogP contribution in [0.15, 0.2) is 0 Å². The summed E-state index contributed by atoms with van der Waals surface area (Å²) in [6.07, 6.45) is 0.941. The fourth-order valence-electron chi connectivity index (χ4n) is 4.22. The maximum absolute atomic E-state index is 13.0. The topological polar surface area (TPSA) is 74.3 Å². The Morgan fingerprint density at radius 2 is 1.76 bits per heavy atom. The van der Waals surface area contributed by atoms with Gasteiger partial charge in [0.1, 0.15) is 11.5 Å². The van der Waals surface area contributed by atoms with Crippen molar-refractivity contribution >= 4 is 17.7 Å². The minimum Gasteiger partial charge on any atom is -0.383 e. The smallest absolute Gasteiger partial charge is 0.273 e. The molecule has 3 aliphatic rings. The molecular weight excluding hydrogens is 372 g/mol. The number of methoxy groups -OCH3 is 1. The fraction of sp³-hybridized carbons (Fsp3) is 0.750. The average molecular weight is 405 g/mol. The molecule has 0 bridgehead atoms. The lowest BCUT2D eigenvalue weighted by molar-refractivity contribution is 0.0774. The van der Waals surface area contributed by atoms with E-state index >= 15 is 0 Å². The third-order valence-corrected chi connectivity index (χ3v) is 5.88. The number of hydrogen-bond acceptors (Lipinski definition) is 8. The van der Waals surface area contributed by atoms with Gasteiger partial charge in [0.25, 0.3) is 5.91 Å². The number of fused-ring (bicyclic) bond motifs is 1. The van der Waals surface area contributed by atoms with Crippen molar-refractivity contribution in [3.63, 3.8) is 0 Å². The van der Waals surface area contributed by atoms with Crippen LogP contribution in [0.5, 0.6) is 0 Å². The molecule has 0 unspecified atom stereocenters. The van der Waals surface area contributed by atoms with E-state index in [0.717, 1.165) is 76.8 Å². The highest BCUT2D eigenvalue weighted by Crippen LogP contribution is 2.32. The summed E-state index contributed by atoms with van der Waals surface area (Å²) in [6.45, 7) is 11.8. The normalized spacial score (nSPS) is 20.5. The molecule has 1 aromatic rings. The van der Waals surface area contributed by atoms with Crippen LogP contribution in [0.1, 0.15) is 29.4 Å². The van der Waals surface area contributed by atoms with E-state index in [9.17, 15) is 4.79 Å². The Bertz CT molecular complexity index is 716. The second kappa shape index (κ2) is 9.23. The van der Waals surface area contributed by atoms with E-state index < -0.39 is 0 Å². The number of ether oxygens (including phenoxy) is 2. The van der Waals surface area contributed by atoms with E-state index in [4.69, 9.17) is 19.4 Å². The summed E-state index contributed by atoms with van der Waals surface area (Å²) in [5, 5.41) is 0. The number of aromatic nitrogens is 2. The molecule has 2 saturated heterocycles. The van der Waals surface area contributed by atoms with Gasteiger partial charge < -0.3 is 24.2 Å². The SMILES string of the molecule is CCCN1Cc2c(nc(N3CCOCC3)nc2N2CCN(CCOC)CC2)C1=O. The van der Waals surface area contributed by atoms with Gasteiger partial charge in [0.15, 0.2) is 0 Å². The van der Waals surface area contributed by atoms with Gasteiger partial charge >= 0.3 is 0 Å². The number of carbonyl (C=O) groups is 1. The van der Waals surface area contributed by atoms with Crippen LogP contribution in [0, 0.1) is 0 Å². The molecule has 2 fully saturated rings. The van der Waals surface area contributed by atoms with Gasteiger partial charge in [-0.2, -0.15) is 4.98 Å². The first-order chi connectivity index (χ1) is 14.2. The summed E-state index contributed by atoms with van der Waals surface area (Å²) in [5.41, 5.74) is 1.58. The maximum Gasteiger partial charge on any atom is 0.273 e. The molecule has 0 aromatic carbocycles. The molecular formula is C20H32N6O3. The molecule has 0 spiro atoms. The molecule has 0 aliphatic carbocycles. The number of carbonyl (C=O) groups excluding carboxylic acids is 1. The molecule has 4 rings (SSSR count). The van der Waals surface area contributed by atoms with Crippen molar-refractivity contribution in [2.75, 3.05) is 89.1 Å². The van der Waals surface area contributed by atoms with Crippen molar-refractivity contribution < 1.29 is 14.3 Å². The summed E-state index contributed by atoms with van der Waals surface area (Å²) in [6, 6.07) is 0. The highest BCUT2D eigenvalue weighted by molar-refractivity contribution is 5.98. The Labute approximate surface area is 172 Å². The quantitative estimate of drug-likeness (QED) is 0.649. The van der Waals surface area contributed by atoms with Crippen molar-refractivity contribution in [2.24, 2.45) is 0 Å². The number of anilines is 2. The Morgan fingerprint density at radius 1 is 1.00 bits per heavy atom. The molecule has 1 aromatic heterocycles. The molecule has 0 saturated carbocycles. The first-order valence-corrected chi connectivity index (χ1v) is 10.7. The number of hydrogen-bond donors (Lipinski definition) is 0. The molecule has 9 heteroatoms. The van der Waals surface area contributed by atoms with Crippen LogP contribution in [-0.2, 0) is 16.0 Å². The highest BCUT2D eigenvalue weighted by atomic mass is 16.5. The fourth-order valence-corrected chi connectivity index (χ4v) is 4.22. The molecule has 4 heterocycles. The molecule has 160 valence electrons. The Balaban J connectivity index is 1.60. The monoisotopic (exact) mass is 404 g/mol. The van der Waals surface area contributed by atoms with E-state index in [0.29, 0.717) is 31.4 Å². The lowest BCUT2D eigenvalue weighted by atomic mass is 10.2. The zero-order valence-corrected chi connectivity index (χ0v) is 17.6. The van der Waals surface area contributed by atoms with Gasteiger partial charge in [-0.1, -0.05) is 6.92 Å². The standard InChI is InChI=1S/C20H32N6O3/c1-3-4-26-15-16-17(19(26)27)21-20(25-10-13-29-14-11-25)22-18(16)24-7-5-23(6-8-24)9-12-28-2/h3-15H2,1-2H3. The summed E-state index contributed by atoms with van der Waals surface area (Å²) in [5.74, 6) is 1.64. The van der Waals surface area contributed by atoms with Gasteiger partial charge in [0.05, 0.1) is 26.4 Å². The lowest BCUT2D eigenvalue weighted by Crippen LogP contribution is -2.48. The maximum atomic E-state index is 13.0. The lowest BCUT2D eigenvalue weighted by Gasteiger charge is -2.36. The molecule has 0 atom stereocenters. The average Bonchev–Trinajstić information content (AvgIpc) is 3.08. The van der Waals surface area contributed by atoms with Crippen molar-refractivity contribution in [3.05, 3.63) is 11.3 Å². The van der Waals surface area contributed by atoms with E-state index in [1.165, 1.54) is 0 Å². The van der Waals surface area contributed by atoms with Crippen LogP contribution in [0.3, 0.4) is 0 Å². The van der Waals surface area contributed by atoms with Crippen molar-refractivity contribution in [2.45, 2.75) is 19.9 Å². The van der Waals surface area contributed by atoms with Gasteiger partial charge in [0.2, 0.25) is 5.95 Å². The van der Waals surface area contributed by atoms with Crippen molar-refractivity contribution in [1.29, 1.82) is 0 Å². The number of morpholine rings is 1. The molecule has 1 amide bonds. The molecule has 29 heavy (non-hydrogen) atoms. The number of piperazine rings is 1. The largest absolute Gasteiger partial charge is 0.383 e. The van der Waals surface area contributed by atoms with E-state index in [-0.39, 0.29) is 5.91 Å². The Hall–Kier alpha value is -1.97. The Kier molecular flexibility index (Phi) is 6.46. The minimum atomic E-state index is 0.0405. The summed E-state index contributed by atoms with van der Waals surface area (Å²) < 4.78 is 10.7.